The second kappa shape index (κ2) is 13.0. The zero-order valence-electron chi connectivity index (χ0n) is 21.0. The van der Waals surface area contributed by atoms with Gasteiger partial charge in [0.2, 0.25) is 5.91 Å². The Balaban J connectivity index is 1.90. The molecule has 37 heavy (non-hydrogen) atoms. The Bertz CT molecular complexity index is 1260. The van der Waals surface area contributed by atoms with E-state index in [1.165, 1.54) is 12.1 Å². The van der Waals surface area contributed by atoms with E-state index in [-0.39, 0.29) is 35.7 Å². The highest BCUT2D eigenvalue weighted by Gasteiger charge is 2.22. The maximum atomic E-state index is 15.3. The van der Waals surface area contributed by atoms with Crippen LogP contribution in [0.25, 0.3) is 11.1 Å². The summed E-state index contributed by atoms with van der Waals surface area (Å²) in [5, 5.41) is 12.0. The quantitative estimate of drug-likeness (QED) is 0.248. The Hall–Kier alpha value is -3.04. The molecule has 0 aliphatic rings. The third-order valence-electron chi connectivity index (χ3n) is 5.70. The molecule has 1 amide bonds. The van der Waals surface area contributed by atoms with E-state index >= 15 is 4.39 Å². The zero-order valence-corrected chi connectivity index (χ0v) is 22.7. The Morgan fingerprint density at radius 3 is 2.62 bits per heavy atom. The first-order valence-electron chi connectivity index (χ1n) is 12.1. The number of hydrogen-bond donors (Lipinski definition) is 3. The summed E-state index contributed by atoms with van der Waals surface area (Å²) in [6.07, 6.45) is 1.36. The second-order valence-electron chi connectivity index (χ2n) is 9.09. The molecular weight excluding hydrogens is 517 g/mol. The lowest BCUT2D eigenvalue weighted by Crippen LogP contribution is -2.32. The van der Waals surface area contributed by atoms with Gasteiger partial charge in [-0.3, -0.25) is 9.36 Å². The van der Waals surface area contributed by atoms with Crippen LogP contribution in [0.2, 0.25) is 5.15 Å². The summed E-state index contributed by atoms with van der Waals surface area (Å²) in [5.41, 5.74) is 1.76. The predicted molar refractivity (Wildman–Crippen MR) is 145 cm³/mol. The van der Waals surface area contributed by atoms with E-state index in [1.54, 1.807) is 34.9 Å². The van der Waals surface area contributed by atoms with Crippen LogP contribution in [-0.2, 0) is 17.9 Å². The van der Waals surface area contributed by atoms with Crippen LogP contribution in [0.15, 0.2) is 42.5 Å². The number of carbonyl (C=O) groups is 2. The Morgan fingerprint density at radius 2 is 1.97 bits per heavy atom. The fourth-order valence-corrected chi connectivity index (χ4v) is 4.60. The van der Waals surface area contributed by atoms with Crippen molar-refractivity contribution in [2.45, 2.75) is 52.0 Å². The number of carboxylic acid groups (broad SMARTS) is 1. The number of thiol groups is 1. The van der Waals surface area contributed by atoms with Crippen molar-refractivity contribution in [2.75, 3.05) is 6.61 Å². The van der Waals surface area contributed by atoms with Crippen molar-refractivity contribution in [1.82, 2.24) is 14.9 Å². The number of amides is 1. The molecule has 198 valence electrons. The molecule has 0 aliphatic heterocycles. The minimum absolute atomic E-state index is 0.0486. The summed E-state index contributed by atoms with van der Waals surface area (Å²) in [7, 11) is 0. The van der Waals surface area contributed by atoms with Crippen LogP contribution in [0.5, 0.6) is 6.01 Å². The number of nitrogens with zero attached hydrogens (tertiary/aromatic N) is 2. The Labute approximate surface area is 226 Å². The van der Waals surface area contributed by atoms with Gasteiger partial charge >= 0.3 is 5.97 Å². The summed E-state index contributed by atoms with van der Waals surface area (Å²) in [6, 6.07) is 11.2. The van der Waals surface area contributed by atoms with Gasteiger partial charge in [0.15, 0.2) is 5.15 Å². The number of halogens is 2. The van der Waals surface area contributed by atoms with E-state index in [0.29, 0.717) is 41.3 Å². The SMILES string of the molecule is CCCOc1nc(Cl)c(CNC(=O)C(S)CC(C)C)n1Cc1ccc(-c2ccccc2C(=O)O)cc1F. The summed E-state index contributed by atoms with van der Waals surface area (Å²) in [4.78, 5) is 28.4. The summed E-state index contributed by atoms with van der Waals surface area (Å²) in [6.45, 7) is 6.48. The van der Waals surface area contributed by atoms with Crippen molar-refractivity contribution in [2.24, 2.45) is 5.92 Å². The number of aromatic nitrogens is 2. The van der Waals surface area contributed by atoms with Gasteiger partial charge in [-0.25, -0.2) is 9.18 Å². The number of aromatic carboxylic acids is 1. The van der Waals surface area contributed by atoms with E-state index in [0.717, 1.165) is 6.42 Å². The standard InChI is InChI=1S/C27H31ClFN3O4S/c1-4-11-36-27-31-24(28)22(14-30-25(33)23(37)12-16(2)3)32(27)15-18-10-9-17(13-21(18)29)19-7-5-6-8-20(19)26(34)35/h5-10,13,16,23,37H,4,11-12,14-15H2,1-3H3,(H,30,33)(H,34,35). The van der Waals surface area contributed by atoms with E-state index in [9.17, 15) is 14.7 Å². The monoisotopic (exact) mass is 547 g/mol. The Morgan fingerprint density at radius 1 is 1.24 bits per heavy atom. The van der Waals surface area contributed by atoms with Gasteiger partial charge < -0.3 is 15.2 Å². The zero-order chi connectivity index (χ0) is 27.1. The van der Waals surface area contributed by atoms with Gasteiger partial charge in [0.05, 0.1) is 36.2 Å². The van der Waals surface area contributed by atoms with E-state index in [2.05, 4.69) is 22.9 Å². The maximum Gasteiger partial charge on any atom is 0.336 e. The molecule has 3 rings (SSSR count). The van der Waals surface area contributed by atoms with Gasteiger partial charge in [0, 0.05) is 5.56 Å². The summed E-state index contributed by atoms with van der Waals surface area (Å²) < 4.78 is 22.7. The van der Waals surface area contributed by atoms with E-state index in [1.807, 2.05) is 20.8 Å². The largest absolute Gasteiger partial charge is 0.478 e. The Kier molecular flexibility index (Phi) is 10.00. The van der Waals surface area contributed by atoms with Crippen molar-refractivity contribution in [1.29, 1.82) is 0 Å². The fourth-order valence-electron chi connectivity index (χ4n) is 3.85. The normalized spacial score (nSPS) is 12.0. The number of rotatable bonds is 12. The van der Waals surface area contributed by atoms with E-state index < -0.39 is 17.0 Å². The molecule has 0 radical (unpaired) electrons. The topological polar surface area (TPSA) is 93.5 Å². The fraction of sp³-hybridized carbons (Fsp3) is 0.370. The van der Waals surface area contributed by atoms with Gasteiger partial charge in [0.25, 0.3) is 6.01 Å². The van der Waals surface area contributed by atoms with Gasteiger partial charge in [-0.15, -0.1) is 0 Å². The highest BCUT2D eigenvalue weighted by molar-refractivity contribution is 7.81. The first-order chi connectivity index (χ1) is 17.6. The third-order valence-corrected chi connectivity index (χ3v) is 6.45. The molecule has 0 spiro atoms. The lowest BCUT2D eigenvalue weighted by molar-refractivity contribution is -0.121. The molecule has 10 heteroatoms. The smallest absolute Gasteiger partial charge is 0.336 e. The van der Waals surface area contributed by atoms with Gasteiger partial charge in [-0.1, -0.05) is 62.7 Å². The van der Waals surface area contributed by atoms with E-state index in [4.69, 9.17) is 16.3 Å². The van der Waals surface area contributed by atoms with Crippen LogP contribution in [0.3, 0.4) is 0 Å². The molecule has 0 fully saturated rings. The maximum absolute atomic E-state index is 15.3. The predicted octanol–water partition coefficient (Wildman–Crippen LogP) is 5.84. The molecule has 3 aromatic rings. The number of carboxylic acids is 1. The first kappa shape index (κ1) is 28.5. The van der Waals surface area contributed by atoms with Crippen molar-refractivity contribution in [3.8, 4) is 17.1 Å². The summed E-state index contributed by atoms with van der Waals surface area (Å²) >= 11 is 10.8. The molecule has 1 heterocycles. The third kappa shape index (κ3) is 7.26. The van der Waals surface area contributed by atoms with Gasteiger partial charge in [-0.05, 0) is 42.0 Å². The molecule has 0 saturated heterocycles. The number of carbonyl (C=O) groups excluding carboxylic acids is 1. The lowest BCUT2D eigenvalue weighted by atomic mass is 9.98. The van der Waals surface area contributed by atoms with Crippen LogP contribution < -0.4 is 10.1 Å². The van der Waals surface area contributed by atoms with Crippen molar-refractivity contribution < 1.29 is 23.8 Å². The van der Waals surface area contributed by atoms with Crippen LogP contribution >= 0.6 is 24.2 Å². The molecule has 0 saturated carbocycles. The molecule has 2 N–H and O–H groups in total. The summed E-state index contributed by atoms with van der Waals surface area (Å²) in [5.74, 6) is -1.53. The molecule has 1 atom stereocenters. The molecule has 7 nitrogen and oxygen atoms in total. The highest BCUT2D eigenvalue weighted by Crippen LogP contribution is 2.29. The first-order valence-corrected chi connectivity index (χ1v) is 13.0. The molecule has 0 aliphatic carbocycles. The number of benzene rings is 2. The second-order valence-corrected chi connectivity index (χ2v) is 10.1. The van der Waals surface area contributed by atoms with Crippen molar-refractivity contribution >= 4 is 36.1 Å². The lowest BCUT2D eigenvalue weighted by Gasteiger charge is -2.16. The van der Waals surface area contributed by atoms with Crippen molar-refractivity contribution in [3.63, 3.8) is 0 Å². The van der Waals surface area contributed by atoms with Crippen molar-refractivity contribution in [3.05, 3.63) is 70.3 Å². The molecule has 0 bridgehead atoms. The van der Waals surface area contributed by atoms with Crippen LogP contribution in [0.1, 0.15) is 55.2 Å². The van der Waals surface area contributed by atoms with Gasteiger partial charge in [0.1, 0.15) is 5.82 Å². The molecule has 2 aromatic carbocycles. The van der Waals surface area contributed by atoms with Crippen LogP contribution in [-0.4, -0.2) is 38.4 Å². The number of hydrogen-bond acceptors (Lipinski definition) is 5. The minimum atomic E-state index is -1.09. The molecule has 1 unspecified atom stereocenters. The highest BCUT2D eigenvalue weighted by atomic mass is 35.5. The van der Waals surface area contributed by atoms with Gasteiger partial charge in [-0.2, -0.15) is 17.6 Å². The van der Waals surface area contributed by atoms with Crippen LogP contribution in [0, 0.1) is 11.7 Å². The number of imidazole rings is 1. The van der Waals surface area contributed by atoms with Crippen LogP contribution in [0.4, 0.5) is 4.39 Å². The molecular formula is C27H31ClFN3O4S. The number of nitrogens with one attached hydrogen (secondary N) is 1. The average Bonchev–Trinajstić information content (AvgIpc) is 3.15. The number of ether oxygens (including phenoxy) is 1. The molecule has 1 aromatic heterocycles. The minimum Gasteiger partial charge on any atom is -0.478 e. The average molecular weight is 548 g/mol.